The molecule has 6 heteroatoms. The first kappa shape index (κ1) is 11.5. The number of aromatic nitrogens is 2. The van der Waals surface area contributed by atoms with E-state index in [1.54, 1.807) is 0 Å². The Hall–Kier alpha value is -1.95. The zero-order valence-electron chi connectivity index (χ0n) is 9.08. The quantitative estimate of drug-likeness (QED) is 0.892. The highest BCUT2D eigenvalue weighted by Gasteiger charge is 2.11. The van der Waals surface area contributed by atoms with Gasteiger partial charge in [0.15, 0.2) is 0 Å². The number of rotatable bonds is 3. The molecule has 0 spiro atoms. The fourth-order valence-corrected chi connectivity index (χ4v) is 2.24. The van der Waals surface area contributed by atoms with Crippen molar-refractivity contribution in [3.8, 4) is 0 Å². The molecule has 2 heterocycles. The molecule has 0 aliphatic heterocycles. The molecule has 0 aliphatic carbocycles. The Morgan fingerprint density at radius 1 is 1.53 bits per heavy atom. The van der Waals surface area contributed by atoms with Gasteiger partial charge in [-0.05, 0) is 13.0 Å². The molecular formula is C11H10N2O3S. The Morgan fingerprint density at radius 3 is 2.88 bits per heavy atom. The number of nitrogens with zero attached hydrogens (tertiary/aromatic N) is 2. The number of pyridine rings is 1. The highest BCUT2D eigenvalue weighted by atomic mass is 32.1. The number of hydrogen-bond donors (Lipinski definition) is 1. The summed E-state index contributed by atoms with van der Waals surface area (Å²) in [4.78, 5) is 26.8. The standard InChI is InChI=1S/C11H10N2O3S/c1-7-6-17-9(12-7)5-13-8(11(15)16)3-2-4-10(13)14/h2-4,6H,5H2,1H3,(H,15,16). The average Bonchev–Trinajstić information content (AvgIpc) is 2.67. The number of thiazole rings is 1. The van der Waals surface area contributed by atoms with Crippen molar-refractivity contribution in [2.24, 2.45) is 0 Å². The van der Waals surface area contributed by atoms with Gasteiger partial charge < -0.3 is 5.11 Å². The summed E-state index contributed by atoms with van der Waals surface area (Å²) in [5, 5.41) is 11.6. The second kappa shape index (κ2) is 4.50. The van der Waals surface area contributed by atoms with E-state index in [0.29, 0.717) is 0 Å². The first-order chi connectivity index (χ1) is 8.08. The lowest BCUT2D eigenvalue weighted by Crippen LogP contribution is -2.25. The van der Waals surface area contributed by atoms with Gasteiger partial charge >= 0.3 is 5.97 Å². The lowest BCUT2D eigenvalue weighted by molar-refractivity contribution is 0.0684. The van der Waals surface area contributed by atoms with Crippen LogP contribution in [0, 0.1) is 6.92 Å². The minimum Gasteiger partial charge on any atom is -0.477 e. The van der Waals surface area contributed by atoms with Crippen LogP contribution in [0.2, 0.25) is 0 Å². The zero-order valence-corrected chi connectivity index (χ0v) is 9.90. The van der Waals surface area contributed by atoms with E-state index in [2.05, 4.69) is 4.98 Å². The highest BCUT2D eigenvalue weighted by Crippen LogP contribution is 2.10. The molecule has 0 saturated carbocycles. The predicted molar refractivity (Wildman–Crippen MR) is 63.6 cm³/mol. The van der Waals surface area contributed by atoms with Gasteiger partial charge in [-0.15, -0.1) is 11.3 Å². The Bertz CT molecular complexity index is 615. The average molecular weight is 250 g/mol. The molecule has 2 rings (SSSR count). The SMILES string of the molecule is Cc1csc(Cn2c(C(=O)O)cccc2=O)n1. The second-order valence-electron chi connectivity index (χ2n) is 3.52. The molecule has 5 nitrogen and oxygen atoms in total. The fraction of sp³-hybridized carbons (Fsp3) is 0.182. The number of carboxylic acids is 1. The molecule has 0 unspecified atom stereocenters. The van der Waals surface area contributed by atoms with Gasteiger partial charge in [-0.25, -0.2) is 9.78 Å². The summed E-state index contributed by atoms with van der Waals surface area (Å²) in [6, 6.07) is 4.19. The van der Waals surface area contributed by atoms with Gasteiger partial charge in [-0.1, -0.05) is 6.07 Å². The molecule has 1 N–H and O–H groups in total. The summed E-state index contributed by atoms with van der Waals surface area (Å²) in [5.74, 6) is -1.11. The third kappa shape index (κ3) is 2.42. The van der Waals surface area contributed by atoms with Crippen molar-refractivity contribution < 1.29 is 9.90 Å². The molecule has 0 amide bonds. The van der Waals surface area contributed by atoms with Crippen LogP contribution in [0.5, 0.6) is 0 Å². The smallest absolute Gasteiger partial charge is 0.352 e. The van der Waals surface area contributed by atoms with Crippen LogP contribution in [0.3, 0.4) is 0 Å². The maximum atomic E-state index is 11.6. The van der Waals surface area contributed by atoms with Crippen LogP contribution in [0.4, 0.5) is 0 Å². The van der Waals surface area contributed by atoms with E-state index in [9.17, 15) is 9.59 Å². The lowest BCUT2D eigenvalue weighted by Gasteiger charge is -2.06. The van der Waals surface area contributed by atoms with Gasteiger partial charge in [0.05, 0.1) is 6.54 Å². The molecule has 0 bridgehead atoms. The van der Waals surface area contributed by atoms with Crippen LogP contribution in [-0.2, 0) is 6.54 Å². The van der Waals surface area contributed by atoms with Crippen molar-refractivity contribution >= 4 is 17.3 Å². The molecule has 2 aromatic heterocycles. The van der Waals surface area contributed by atoms with E-state index in [1.807, 2.05) is 12.3 Å². The summed E-state index contributed by atoms with van der Waals surface area (Å²) in [7, 11) is 0. The van der Waals surface area contributed by atoms with Crippen molar-refractivity contribution in [3.05, 3.63) is 50.3 Å². The summed E-state index contributed by atoms with van der Waals surface area (Å²) in [5.41, 5.74) is 0.508. The third-order valence-electron chi connectivity index (χ3n) is 2.23. The monoisotopic (exact) mass is 250 g/mol. The molecule has 0 aliphatic rings. The Morgan fingerprint density at radius 2 is 2.29 bits per heavy atom. The summed E-state index contributed by atoms with van der Waals surface area (Å²) < 4.78 is 1.21. The zero-order chi connectivity index (χ0) is 12.4. The van der Waals surface area contributed by atoms with Crippen LogP contribution in [0.15, 0.2) is 28.4 Å². The van der Waals surface area contributed by atoms with E-state index >= 15 is 0 Å². The van der Waals surface area contributed by atoms with Crippen molar-refractivity contribution in [2.75, 3.05) is 0 Å². The number of hydrogen-bond acceptors (Lipinski definition) is 4. The van der Waals surface area contributed by atoms with E-state index in [1.165, 1.54) is 34.1 Å². The van der Waals surface area contributed by atoms with Crippen molar-refractivity contribution in [3.63, 3.8) is 0 Å². The van der Waals surface area contributed by atoms with Crippen molar-refractivity contribution in [1.82, 2.24) is 9.55 Å². The maximum Gasteiger partial charge on any atom is 0.352 e. The second-order valence-corrected chi connectivity index (χ2v) is 4.47. The first-order valence-corrected chi connectivity index (χ1v) is 5.80. The minimum absolute atomic E-state index is 0.0228. The molecule has 0 saturated heterocycles. The molecule has 0 fully saturated rings. The Kier molecular flexibility index (Phi) is 3.06. The first-order valence-electron chi connectivity index (χ1n) is 4.92. The fourth-order valence-electron chi connectivity index (χ4n) is 1.48. The van der Waals surface area contributed by atoms with Crippen LogP contribution >= 0.6 is 11.3 Å². The molecule has 17 heavy (non-hydrogen) atoms. The molecule has 0 radical (unpaired) electrons. The number of aromatic carboxylic acids is 1. The van der Waals surface area contributed by atoms with Crippen LogP contribution in [0.25, 0.3) is 0 Å². The largest absolute Gasteiger partial charge is 0.477 e. The van der Waals surface area contributed by atoms with Crippen molar-refractivity contribution in [2.45, 2.75) is 13.5 Å². The topological polar surface area (TPSA) is 72.2 Å². The van der Waals surface area contributed by atoms with E-state index in [-0.39, 0.29) is 17.8 Å². The van der Waals surface area contributed by atoms with E-state index in [4.69, 9.17) is 5.11 Å². The number of carboxylic acid groups (broad SMARTS) is 1. The van der Waals surface area contributed by atoms with E-state index < -0.39 is 5.97 Å². The van der Waals surface area contributed by atoms with Gasteiger partial charge in [0.1, 0.15) is 10.7 Å². The maximum absolute atomic E-state index is 11.6. The van der Waals surface area contributed by atoms with Gasteiger partial charge in [-0.3, -0.25) is 9.36 Å². The molecule has 88 valence electrons. The van der Waals surface area contributed by atoms with Crippen LogP contribution in [0.1, 0.15) is 21.2 Å². The van der Waals surface area contributed by atoms with Crippen molar-refractivity contribution in [1.29, 1.82) is 0 Å². The third-order valence-corrected chi connectivity index (χ3v) is 3.18. The number of aryl methyl sites for hydroxylation is 1. The predicted octanol–water partition coefficient (Wildman–Crippen LogP) is 1.36. The van der Waals surface area contributed by atoms with Gasteiger partial charge in [-0.2, -0.15) is 0 Å². The molecule has 0 aromatic carbocycles. The normalized spacial score (nSPS) is 10.4. The van der Waals surface area contributed by atoms with Gasteiger partial charge in [0.2, 0.25) is 0 Å². The Labute approximate surface area is 101 Å². The minimum atomic E-state index is -1.11. The van der Waals surface area contributed by atoms with E-state index in [0.717, 1.165) is 10.7 Å². The summed E-state index contributed by atoms with van der Waals surface area (Å²) >= 11 is 1.41. The molecular weight excluding hydrogens is 240 g/mol. The van der Waals surface area contributed by atoms with Gasteiger partial charge in [0, 0.05) is 17.1 Å². The Balaban J connectivity index is 2.44. The highest BCUT2D eigenvalue weighted by molar-refractivity contribution is 7.09. The summed E-state index contributed by atoms with van der Waals surface area (Å²) in [6.07, 6.45) is 0. The van der Waals surface area contributed by atoms with Gasteiger partial charge in [0.25, 0.3) is 5.56 Å². The number of carbonyl (C=O) groups is 1. The van der Waals surface area contributed by atoms with Crippen LogP contribution in [-0.4, -0.2) is 20.6 Å². The summed E-state index contributed by atoms with van der Waals surface area (Å²) in [6.45, 7) is 2.05. The lowest BCUT2D eigenvalue weighted by atomic mass is 10.3. The molecule has 2 aromatic rings. The van der Waals surface area contributed by atoms with Crippen LogP contribution < -0.4 is 5.56 Å². The molecule has 0 atom stereocenters.